The Hall–Kier alpha value is -2.80. The first-order valence-corrected chi connectivity index (χ1v) is 7.65. The second-order valence-corrected chi connectivity index (χ2v) is 5.84. The Bertz CT molecular complexity index is 891. The molecule has 0 atom stereocenters. The molecule has 2 N–H and O–H groups in total. The van der Waals surface area contributed by atoms with Crippen LogP contribution in [0.25, 0.3) is 6.08 Å². The Morgan fingerprint density at radius 3 is 2.46 bits per heavy atom. The normalized spacial score (nSPS) is 12.0. The molecule has 0 fully saturated rings. The van der Waals surface area contributed by atoms with Crippen LogP contribution in [0.3, 0.4) is 0 Å². The van der Waals surface area contributed by atoms with E-state index in [4.69, 9.17) is 16.7 Å². The van der Waals surface area contributed by atoms with Crippen molar-refractivity contribution in [3.8, 4) is 0 Å². The predicted octanol–water partition coefficient (Wildman–Crippen LogP) is 5.10. The summed E-state index contributed by atoms with van der Waals surface area (Å²) in [5.41, 5.74) is -0.690. The van der Waals surface area contributed by atoms with Gasteiger partial charge in [-0.05, 0) is 48.9 Å². The molecule has 26 heavy (non-hydrogen) atoms. The van der Waals surface area contributed by atoms with E-state index < -0.39 is 23.6 Å². The molecule has 0 radical (unpaired) electrons. The molecule has 2 rings (SSSR count). The molecule has 0 saturated heterocycles. The standard InChI is InChI=1S/C18H13ClF3NO3/c1-10(7-11-3-2-4-12(8-11)18(20,21)22)16(24)23-15-6-5-13(19)9-14(15)17(25)26/h2-9H,1H3,(H,23,24)(H,25,26)/b10-7+. The van der Waals surface area contributed by atoms with Gasteiger partial charge in [-0.3, -0.25) is 4.79 Å². The Morgan fingerprint density at radius 1 is 1.15 bits per heavy atom. The fraction of sp³-hybridized carbons (Fsp3) is 0.111. The highest BCUT2D eigenvalue weighted by atomic mass is 35.5. The molecule has 0 spiro atoms. The fourth-order valence-corrected chi connectivity index (χ4v) is 2.32. The van der Waals surface area contributed by atoms with Crippen LogP contribution in [0.4, 0.5) is 18.9 Å². The SMILES string of the molecule is C/C(=C\c1cccc(C(F)(F)F)c1)C(=O)Nc1ccc(Cl)cc1C(=O)O. The maximum atomic E-state index is 12.7. The van der Waals surface area contributed by atoms with E-state index in [-0.39, 0.29) is 27.4 Å². The van der Waals surface area contributed by atoms with Gasteiger partial charge in [0.2, 0.25) is 0 Å². The number of carboxylic acids is 1. The first-order valence-electron chi connectivity index (χ1n) is 7.27. The molecule has 2 aromatic rings. The quantitative estimate of drug-likeness (QED) is 0.722. The average molecular weight is 384 g/mol. The van der Waals surface area contributed by atoms with Crippen LogP contribution < -0.4 is 5.32 Å². The summed E-state index contributed by atoms with van der Waals surface area (Å²) in [5, 5.41) is 11.8. The Morgan fingerprint density at radius 2 is 1.85 bits per heavy atom. The third-order valence-electron chi connectivity index (χ3n) is 3.42. The number of hydrogen-bond acceptors (Lipinski definition) is 2. The van der Waals surface area contributed by atoms with Crippen LogP contribution in [-0.4, -0.2) is 17.0 Å². The van der Waals surface area contributed by atoms with E-state index in [0.29, 0.717) is 0 Å². The Balaban J connectivity index is 2.26. The summed E-state index contributed by atoms with van der Waals surface area (Å²) in [6.07, 6.45) is -3.21. The van der Waals surface area contributed by atoms with Crippen molar-refractivity contribution in [1.82, 2.24) is 0 Å². The number of carbonyl (C=O) groups excluding carboxylic acids is 1. The third kappa shape index (κ3) is 4.86. The van der Waals surface area contributed by atoms with Gasteiger partial charge in [0.25, 0.3) is 5.91 Å². The van der Waals surface area contributed by atoms with Gasteiger partial charge in [-0.1, -0.05) is 23.7 Å². The highest BCUT2D eigenvalue weighted by Gasteiger charge is 2.30. The number of nitrogens with one attached hydrogen (secondary N) is 1. The zero-order chi connectivity index (χ0) is 19.5. The van der Waals surface area contributed by atoms with Gasteiger partial charge in [0.15, 0.2) is 0 Å². The van der Waals surface area contributed by atoms with E-state index >= 15 is 0 Å². The van der Waals surface area contributed by atoms with Crippen LogP contribution in [0.1, 0.15) is 28.4 Å². The molecule has 0 aliphatic carbocycles. The number of alkyl halides is 3. The zero-order valence-electron chi connectivity index (χ0n) is 13.4. The minimum absolute atomic E-state index is 0.0312. The van der Waals surface area contributed by atoms with Crippen LogP contribution in [0.15, 0.2) is 48.0 Å². The van der Waals surface area contributed by atoms with Gasteiger partial charge in [-0.25, -0.2) is 4.79 Å². The minimum atomic E-state index is -4.49. The molecular weight excluding hydrogens is 371 g/mol. The number of anilines is 1. The van der Waals surface area contributed by atoms with Crippen LogP contribution in [0, 0.1) is 0 Å². The molecule has 2 aromatic carbocycles. The van der Waals surface area contributed by atoms with Crippen molar-refractivity contribution >= 4 is 35.2 Å². The van der Waals surface area contributed by atoms with Gasteiger partial charge in [0, 0.05) is 10.6 Å². The van der Waals surface area contributed by atoms with Crippen LogP contribution >= 0.6 is 11.6 Å². The number of hydrogen-bond donors (Lipinski definition) is 2. The summed E-state index contributed by atoms with van der Waals surface area (Å²) in [5.74, 6) is -1.92. The first-order chi connectivity index (χ1) is 12.1. The summed E-state index contributed by atoms with van der Waals surface area (Å²) in [6, 6.07) is 8.45. The minimum Gasteiger partial charge on any atom is -0.478 e. The number of amides is 1. The van der Waals surface area contributed by atoms with Crippen molar-refractivity contribution in [2.75, 3.05) is 5.32 Å². The lowest BCUT2D eigenvalue weighted by Gasteiger charge is -2.10. The van der Waals surface area contributed by atoms with Gasteiger partial charge in [0.05, 0.1) is 16.8 Å². The highest BCUT2D eigenvalue weighted by molar-refractivity contribution is 6.31. The molecule has 136 valence electrons. The smallest absolute Gasteiger partial charge is 0.416 e. The molecule has 0 heterocycles. The average Bonchev–Trinajstić information content (AvgIpc) is 2.55. The molecule has 0 aliphatic heterocycles. The second kappa shape index (κ2) is 7.61. The summed E-state index contributed by atoms with van der Waals surface area (Å²) >= 11 is 5.74. The fourth-order valence-electron chi connectivity index (χ4n) is 2.14. The van der Waals surface area contributed by atoms with Crippen molar-refractivity contribution in [3.63, 3.8) is 0 Å². The van der Waals surface area contributed by atoms with Gasteiger partial charge in [-0.15, -0.1) is 0 Å². The van der Waals surface area contributed by atoms with Crippen LogP contribution in [-0.2, 0) is 11.0 Å². The van der Waals surface area contributed by atoms with Crippen LogP contribution in [0.2, 0.25) is 5.02 Å². The molecule has 0 saturated carbocycles. The molecule has 0 unspecified atom stereocenters. The second-order valence-electron chi connectivity index (χ2n) is 5.40. The lowest BCUT2D eigenvalue weighted by atomic mass is 10.1. The third-order valence-corrected chi connectivity index (χ3v) is 3.65. The van der Waals surface area contributed by atoms with Crippen molar-refractivity contribution in [2.45, 2.75) is 13.1 Å². The van der Waals surface area contributed by atoms with E-state index in [0.717, 1.165) is 12.1 Å². The van der Waals surface area contributed by atoms with E-state index in [9.17, 15) is 22.8 Å². The molecular formula is C18H13ClF3NO3. The highest BCUT2D eigenvalue weighted by Crippen LogP contribution is 2.30. The number of benzene rings is 2. The first kappa shape index (κ1) is 19.5. The molecule has 0 aromatic heterocycles. The van der Waals surface area contributed by atoms with Crippen LogP contribution in [0.5, 0.6) is 0 Å². The number of rotatable bonds is 4. The van der Waals surface area contributed by atoms with E-state index in [1.54, 1.807) is 0 Å². The largest absolute Gasteiger partial charge is 0.478 e. The van der Waals surface area contributed by atoms with Crippen molar-refractivity contribution in [2.24, 2.45) is 0 Å². The molecule has 1 amide bonds. The molecule has 0 aliphatic rings. The number of carboxylic acid groups (broad SMARTS) is 1. The van der Waals surface area contributed by atoms with Gasteiger partial charge >= 0.3 is 12.1 Å². The topological polar surface area (TPSA) is 66.4 Å². The van der Waals surface area contributed by atoms with Gasteiger partial charge in [0.1, 0.15) is 0 Å². The monoisotopic (exact) mass is 383 g/mol. The summed E-state index contributed by atoms with van der Waals surface area (Å²) < 4.78 is 38.2. The summed E-state index contributed by atoms with van der Waals surface area (Å²) in [4.78, 5) is 23.4. The van der Waals surface area contributed by atoms with E-state index in [1.807, 2.05) is 0 Å². The summed E-state index contributed by atoms with van der Waals surface area (Å²) in [7, 11) is 0. The predicted molar refractivity (Wildman–Crippen MR) is 92.1 cm³/mol. The lowest BCUT2D eigenvalue weighted by molar-refractivity contribution is -0.137. The molecule has 0 bridgehead atoms. The maximum Gasteiger partial charge on any atom is 0.416 e. The molecule has 8 heteroatoms. The molecule has 4 nitrogen and oxygen atoms in total. The van der Waals surface area contributed by atoms with E-state index in [1.165, 1.54) is 43.3 Å². The lowest BCUT2D eigenvalue weighted by Crippen LogP contribution is -2.15. The Kier molecular flexibility index (Phi) is 5.72. The Labute approximate surface area is 151 Å². The van der Waals surface area contributed by atoms with Crippen molar-refractivity contribution in [1.29, 1.82) is 0 Å². The van der Waals surface area contributed by atoms with Crippen molar-refractivity contribution in [3.05, 3.63) is 69.8 Å². The summed E-state index contributed by atoms with van der Waals surface area (Å²) in [6.45, 7) is 1.41. The van der Waals surface area contributed by atoms with Gasteiger partial charge < -0.3 is 10.4 Å². The number of aromatic carboxylic acids is 1. The van der Waals surface area contributed by atoms with Gasteiger partial charge in [-0.2, -0.15) is 13.2 Å². The maximum absolute atomic E-state index is 12.7. The number of halogens is 4. The van der Waals surface area contributed by atoms with E-state index in [2.05, 4.69) is 5.32 Å². The number of carbonyl (C=O) groups is 2. The zero-order valence-corrected chi connectivity index (χ0v) is 14.2. The van der Waals surface area contributed by atoms with Crippen molar-refractivity contribution < 1.29 is 27.9 Å².